The smallest absolute Gasteiger partial charge is 0.321 e. The van der Waals surface area contributed by atoms with E-state index in [-0.39, 0.29) is 19.4 Å². The van der Waals surface area contributed by atoms with Crippen molar-refractivity contribution in [2.45, 2.75) is 25.7 Å². The molecule has 0 bridgehead atoms. The molecule has 0 aromatic heterocycles. The molecule has 0 spiro atoms. The first-order valence-corrected chi connectivity index (χ1v) is 5.84. The summed E-state index contributed by atoms with van der Waals surface area (Å²) >= 11 is 3.06. The first-order chi connectivity index (χ1) is 7.91. The summed E-state index contributed by atoms with van der Waals surface area (Å²) in [5.41, 5.74) is 0. The van der Waals surface area contributed by atoms with Gasteiger partial charge in [0, 0.05) is 17.3 Å². The van der Waals surface area contributed by atoms with E-state index in [0.29, 0.717) is 17.3 Å². The standard InChI is InChI=1S/C10H15BrN2O4/c1-7(11)6-12-10(17)13-8(14)4-2-3-5-9(15)16/h1-6H2,(H,15,16)(H2,12,13,14,17). The van der Waals surface area contributed by atoms with Crippen LogP contribution in [0.25, 0.3) is 0 Å². The Morgan fingerprint density at radius 3 is 2.29 bits per heavy atom. The third kappa shape index (κ3) is 10.9. The topological polar surface area (TPSA) is 95.5 Å². The maximum atomic E-state index is 11.2. The second-order valence-corrected chi connectivity index (χ2v) is 4.47. The number of carboxylic acid groups (broad SMARTS) is 1. The lowest BCUT2D eigenvalue weighted by molar-refractivity contribution is -0.137. The Morgan fingerprint density at radius 2 is 1.76 bits per heavy atom. The summed E-state index contributed by atoms with van der Waals surface area (Å²) in [4.78, 5) is 32.5. The van der Waals surface area contributed by atoms with Crippen LogP contribution in [-0.4, -0.2) is 29.6 Å². The number of carbonyl (C=O) groups excluding carboxylic acids is 2. The van der Waals surface area contributed by atoms with Gasteiger partial charge in [-0.3, -0.25) is 14.9 Å². The maximum absolute atomic E-state index is 11.2. The van der Waals surface area contributed by atoms with Gasteiger partial charge in [0.2, 0.25) is 5.91 Å². The number of carboxylic acids is 1. The highest BCUT2D eigenvalue weighted by atomic mass is 79.9. The van der Waals surface area contributed by atoms with Crippen LogP contribution in [0.5, 0.6) is 0 Å². The minimum absolute atomic E-state index is 0.0306. The second-order valence-electron chi connectivity index (χ2n) is 3.35. The van der Waals surface area contributed by atoms with Gasteiger partial charge in [0.1, 0.15) is 0 Å². The summed E-state index contributed by atoms with van der Waals surface area (Å²) < 4.78 is 0.599. The maximum Gasteiger partial charge on any atom is 0.321 e. The zero-order chi connectivity index (χ0) is 13.3. The highest BCUT2D eigenvalue weighted by molar-refractivity contribution is 9.11. The minimum atomic E-state index is -0.890. The number of imide groups is 1. The van der Waals surface area contributed by atoms with Crippen LogP contribution in [0.1, 0.15) is 25.7 Å². The van der Waals surface area contributed by atoms with Gasteiger partial charge in [-0.2, -0.15) is 0 Å². The highest BCUT2D eigenvalue weighted by Crippen LogP contribution is 1.99. The average Bonchev–Trinajstić information content (AvgIpc) is 2.21. The number of nitrogens with one attached hydrogen (secondary N) is 2. The predicted octanol–water partition coefficient (Wildman–Crippen LogP) is 1.37. The van der Waals surface area contributed by atoms with Gasteiger partial charge < -0.3 is 10.4 Å². The van der Waals surface area contributed by atoms with Gasteiger partial charge in [0.15, 0.2) is 0 Å². The number of amides is 3. The molecule has 0 heterocycles. The number of unbranched alkanes of at least 4 members (excludes halogenated alkanes) is 1. The van der Waals surface area contributed by atoms with E-state index in [1.54, 1.807) is 0 Å². The molecule has 96 valence electrons. The monoisotopic (exact) mass is 306 g/mol. The van der Waals surface area contributed by atoms with Crippen molar-refractivity contribution in [2.75, 3.05) is 6.54 Å². The van der Waals surface area contributed by atoms with E-state index in [2.05, 4.69) is 33.1 Å². The molecular weight excluding hydrogens is 292 g/mol. The Kier molecular flexibility index (Phi) is 8.04. The van der Waals surface area contributed by atoms with Crippen molar-refractivity contribution in [1.29, 1.82) is 0 Å². The first kappa shape index (κ1) is 15.6. The molecule has 0 unspecified atom stereocenters. The van der Waals surface area contributed by atoms with Crippen molar-refractivity contribution in [3.63, 3.8) is 0 Å². The lowest BCUT2D eigenvalue weighted by Gasteiger charge is -2.05. The molecule has 0 atom stereocenters. The van der Waals surface area contributed by atoms with E-state index in [1.807, 2.05) is 0 Å². The minimum Gasteiger partial charge on any atom is -0.481 e. The van der Waals surface area contributed by atoms with E-state index in [1.165, 1.54) is 0 Å². The van der Waals surface area contributed by atoms with Gasteiger partial charge in [-0.25, -0.2) is 4.79 Å². The second kappa shape index (κ2) is 8.74. The molecule has 17 heavy (non-hydrogen) atoms. The molecule has 7 heteroatoms. The summed E-state index contributed by atoms with van der Waals surface area (Å²) in [5.74, 6) is -1.31. The lowest BCUT2D eigenvalue weighted by atomic mass is 10.2. The molecule has 0 aliphatic rings. The number of aliphatic carboxylic acids is 1. The number of urea groups is 1. The molecular formula is C10H15BrN2O4. The van der Waals surface area contributed by atoms with E-state index in [4.69, 9.17) is 5.11 Å². The van der Waals surface area contributed by atoms with Gasteiger partial charge in [-0.15, -0.1) is 0 Å². The fourth-order valence-corrected chi connectivity index (χ4v) is 1.11. The van der Waals surface area contributed by atoms with Gasteiger partial charge in [0.25, 0.3) is 0 Å². The van der Waals surface area contributed by atoms with Crippen LogP contribution in [-0.2, 0) is 9.59 Å². The summed E-state index contributed by atoms with van der Waals surface area (Å²) in [5, 5.41) is 12.9. The van der Waals surface area contributed by atoms with Crippen LogP contribution < -0.4 is 10.6 Å². The Hall–Kier alpha value is -1.37. The van der Waals surface area contributed by atoms with Crippen LogP contribution in [0, 0.1) is 0 Å². The normalized spacial score (nSPS) is 9.47. The lowest BCUT2D eigenvalue weighted by Crippen LogP contribution is -2.39. The van der Waals surface area contributed by atoms with Crippen LogP contribution >= 0.6 is 15.9 Å². The summed E-state index contributed by atoms with van der Waals surface area (Å²) in [6.07, 6.45) is 1.03. The van der Waals surface area contributed by atoms with Crippen molar-refractivity contribution < 1.29 is 19.5 Å². The molecule has 0 saturated carbocycles. The van der Waals surface area contributed by atoms with Crippen LogP contribution in [0.3, 0.4) is 0 Å². The average molecular weight is 307 g/mol. The van der Waals surface area contributed by atoms with Crippen LogP contribution in [0.15, 0.2) is 11.1 Å². The van der Waals surface area contributed by atoms with E-state index >= 15 is 0 Å². The van der Waals surface area contributed by atoms with E-state index in [0.717, 1.165) is 0 Å². The van der Waals surface area contributed by atoms with Crippen LogP contribution in [0.4, 0.5) is 4.79 Å². The predicted molar refractivity (Wildman–Crippen MR) is 65.7 cm³/mol. The van der Waals surface area contributed by atoms with Crippen molar-refractivity contribution >= 4 is 33.8 Å². The number of hydrogen-bond acceptors (Lipinski definition) is 3. The van der Waals surface area contributed by atoms with Gasteiger partial charge >= 0.3 is 12.0 Å². The van der Waals surface area contributed by atoms with E-state index in [9.17, 15) is 14.4 Å². The quantitative estimate of drug-likeness (QED) is 0.619. The van der Waals surface area contributed by atoms with Gasteiger partial charge in [-0.05, 0) is 12.8 Å². The van der Waals surface area contributed by atoms with Crippen molar-refractivity contribution in [1.82, 2.24) is 10.6 Å². The number of halogens is 1. The summed E-state index contributed by atoms with van der Waals surface area (Å²) in [7, 11) is 0. The molecule has 3 N–H and O–H groups in total. The molecule has 0 fully saturated rings. The summed E-state index contributed by atoms with van der Waals surface area (Å²) in [6.45, 7) is 3.75. The number of hydrogen-bond donors (Lipinski definition) is 3. The fourth-order valence-electron chi connectivity index (χ4n) is 0.971. The molecule has 0 radical (unpaired) electrons. The van der Waals surface area contributed by atoms with Crippen molar-refractivity contribution in [3.8, 4) is 0 Å². The molecule has 0 aromatic carbocycles. The number of rotatable bonds is 7. The molecule has 0 rings (SSSR count). The molecule has 0 aliphatic carbocycles. The largest absolute Gasteiger partial charge is 0.481 e. The SMILES string of the molecule is C=C(Br)CNC(=O)NC(=O)CCCCC(=O)O. The number of carbonyl (C=O) groups is 3. The van der Waals surface area contributed by atoms with Crippen molar-refractivity contribution in [2.24, 2.45) is 0 Å². The third-order valence-corrected chi connectivity index (χ3v) is 2.02. The Labute approximate surface area is 108 Å². The molecule has 6 nitrogen and oxygen atoms in total. The molecule has 3 amide bonds. The zero-order valence-electron chi connectivity index (χ0n) is 9.29. The zero-order valence-corrected chi connectivity index (χ0v) is 10.9. The first-order valence-electron chi connectivity index (χ1n) is 5.04. The Bertz CT molecular complexity index is 317. The van der Waals surface area contributed by atoms with Crippen LogP contribution in [0.2, 0.25) is 0 Å². The molecule has 0 aromatic rings. The van der Waals surface area contributed by atoms with Gasteiger partial charge in [-0.1, -0.05) is 22.5 Å². The summed E-state index contributed by atoms with van der Waals surface area (Å²) in [6, 6.07) is -0.589. The van der Waals surface area contributed by atoms with E-state index < -0.39 is 17.9 Å². The fraction of sp³-hybridized carbons (Fsp3) is 0.500. The molecule has 0 aliphatic heterocycles. The Morgan fingerprint density at radius 1 is 1.18 bits per heavy atom. The Balaban J connectivity index is 3.60. The van der Waals surface area contributed by atoms with Gasteiger partial charge in [0.05, 0.1) is 6.54 Å². The molecule has 0 saturated heterocycles. The highest BCUT2D eigenvalue weighted by Gasteiger charge is 2.07. The third-order valence-electron chi connectivity index (χ3n) is 1.74. The van der Waals surface area contributed by atoms with Crippen molar-refractivity contribution in [3.05, 3.63) is 11.1 Å².